The van der Waals surface area contributed by atoms with Crippen LogP contribution in [0.3, 0.4) is 0 Å². The topological polar surface area (TPSA) is 33.0 Å². The predicted molar refractivity (Wildman–Crippen MR) is 57.2 cm³/mol. The van der Waals surface area contributed by atoms with Crippen LogP contribution in [0.1, 0.15) is 17.9 Å². The van der Waals surface area contributed by atoms with Crippen molar-refractivity contribution in [3.63, 3.8) is 0 Å². The zero-order chi connectivity index (χ0) is 10.1. The van der Waals surface area contributed by atoms with Crippen LogP contribution in [-0.4, -0.2) is 7.11 Å². The highest BCUT2D eigenvalue weighted by atomic mass is 79.9. The lowest BCUT2D eigenvalue weighted by molar-refractivity contribution is 0.409. The first-order valence-electron chi connectivity index (χ1n) is 4.49. The van der Waals surface area contributed by atoms with Crippen molar-refractivity contribution in [2.24, 2.45) is 5.92 Å². The van der Waals surface area contributed by atoms with Crippen molar-refractivity contribution in [1.29, 1.82) is 5.26 Å². The Hall–Kier alpha value is -1.01. The van der Waals surface area contributed by atoms with Crippen LogP contribution in [0.5, 0.6) is 5.75 Å². The first-order chi connectivity index (χ1) is 6.76. The predicted octanol–water partition coefficient (Wildman–Crippen LogP) is 3.08. The van der Waals surface area contributed by atoms with Crippen molar-refractivity contribution in [3.8, 4) is 11.8 Å². The summed E-state index contributed by atoms with van der Waals surface area (Å²) >= 11 is 3.42. The number of ether oxygens (including phenoxy) is 1. The average molecular weight is 252 g/mol. The third-order valence-corrected chi connectivity index (χ3v) is 3.04. The van der Waals surface area contributed by atoms with Gasteiger partial charge < -0.3 is 4.74 Å². The van der Waals surface area contributed by atoms with E-state index >= 15 is 0 Å². The number of nitrogens with zero attached hydrogens (tertiary/aromatic N) is 1. The maximum absolute atomic E-state index is 8.77. The standard InChI is InChI=1S/C11H10BrNO/c1-14-11-3-2-8(12)5-10(11)9-4-7(9)6-13/h2-3,5,7,9H,4H2,1H3. The van der Waals surface area contributed by atoms with E-state index in [2.05, 4.69) is 22.0 Å². The van der Waals surface area contributed by atoms with Gasteiger partial charge in [0.1, 0.15) is 5.75 Å². The van der Waals surface area contributed by atoms with Gasteiger partial charge in [0.15, 0.2) is 0 Å². The van der Waals surface area contributed by atoms with Gasteiger partial charge in [0.2, 0.25) is 0 Å². The molecule has 1 aromatic carbocycles. The number of benzene rings is 1. The molecule has 2 atom stereocenters. The molecule has 1 aliphatic carbocycles. The Morgan fingerprint density at radius 3 is 2.93 bits per heavy atom. The molecule has 14 heavy (non-hydrogen) atoms. The quantitative estimate of drug-likeness (QED) is 0.810. The molecule has 72 valence electrons. The highest BCUT2D eigenvalue weighted by Crippen LogP contribution is 2.50. The van der Waals surface area contributed by atoms with Crippen molar-refractivity contribution in [1.82, 2.24) is 0 Å². The van der Waals surface area contributed by atoms with Crippen molar-refractivity contribution in [2.45, 2.75) is 12.3 Å². The van der Waals surface area contributed by atoms with Crippen molar-refractivity contribution in [2.75, 3.05) is 7.11 Å². The highest BCUT2D eigenvalue weighted by molar-refractivity contribution is 9.10. The molecule has 2 rings (SSSR count). The van der Waals surface area contributed by atoms with Crippen molar-refractivity contribution < 1.29 is 4.74 Å². The van der Waals surface area contributed by atoms with Gasteiger partial charge in [-0.3, -0.25) is 0 Å². The number of hydrogen-bond donors (Lipinski definition) is 0. The molecule has 1 aromatic rings. The number of nitriles is 1. The van der Waals surface area contributed by atoms with E-state index in [1.165, 1.54) is 0 Å². The molecule has 0 saturated heterocycles. The Bertz CT molecular complexity index is 397. The normalized spacial score (nSPS) is 24.1. The van der Waals surface area contributed by atoms with Crippen LogP contribution in [0.15, 0.2) is 22.7 Å². The molecule has 0 radical (unpaired) electrons. The fourth-order valence-electron chi connectivity index (χ4n) is 1.68. The second-order valence-electron chi connectivity index (χ2n) is 3.46. The van der Waals surface area contributed by atoms with E-state index in [0.717, 1.165) is 22.2 Å². The van der Waals surface area contributed by atoms with Crippen LogP contribution in [0.2, 0.25) is 0 Å². The van der Waals surface area contributed by atoms with Crippen LogP contribution in [0.4, 0.5) is 0 Å². The Morgan fingerprint density at radius 1 is 1.57 bits per heavy atom. The smallest absolute Gasteiger partial charge is 0.122 e. The molecule has 0 N–H and O–H groups in total. The van der Waals surface area contributed by atoms with E-state index < -0.39 is 0 Å². The van der Waals surface area contributed by atoms with Gasteiger partial charge in [0.25, 0.3) is 0 Å². The SMILES string of the molecule is COc1ccc(Br)cc1C1CC1C#N. The molecule has 0 aliphatic heterocycles. The lowest BCUT2D eigenvalue weighted by atomic mass is 10.1. The Labute approximate surface area is 91.6 Å². The van der Waals surface area contributed by atoms with Crippen molar-refractivity contribution >= 4 is 15.9 Å². The van der Waals surface area contributed by atoms with Gasteiger partial charge in [-0.2, -0.15) is 5.26 Å². The second kappa shape index (κ2) is 3.62. The van der Waals surface area contributed by atoms with Gasteiger partial charge in [0, 0.05) is 10.4 Å². The third kappa shape index (κ3) is 1.62. The van der Waals surface area contributed by atoms with E-state index in [4.69, 9.17) is 10.00 Å². The van der Waals surface area contributed by atoms with Crippen LogP contribution in [0.25, 0.3) is 0 Å². The van der Waals surface area contributed by atoms with Crippen LogP contribution in [0, 0.1) is 17.2 Å². The molecule has 0 bridgehead atoms. The molecular weight excluding hydrogens is 242 g/mol. The molecule has 2 unspecified atom stereocenters. The van der Waals surface area contributed by atoms with Gasteiger partial charge in [0.05, 0.1) is 19.1 Å². The fourth-order valence-corrected chi connectivity index (χ4v) is 2.06. The summed E-state index contributed by atoms with van der Waals surface area (Å²) < 4.78 is 6.30. The molecule has 1 saturated carbocycles. The van der Waals surface area contributed by atoms with E-state index in [1.54, 1.807) is 7.11 Å². The summed E-state index contributed by atoms with van der Waals surface area (Å²) in [6.07, 6.45) is 0.962. The molecule has 0 heterocycles. The maximum Gasteiger partial charge on any atom is 0.122 e. The zero-order valence-corrected chi connectivity index (χ0v) is 9.41. The lowest BCUT2D eigenvalue weighted by Crippen LogP contribution is -1.90. The summed E-state index contributed by atoms with van der Waals surface area (Å²) in [5.41, 5.74) is 1.15. The maximum atomic E-state index is 8.77. The van der Waals surface area contributed by atoms with Crippen molar-refractivity contribution in [3.05, 3.63) is 28.2 Å². The molecule has 0 spiro atoms. The summed E-state index contributed by atoms with van der Waals surface area (Å²) in [5, 5.41) is 8.77. The fraction of sp³-hybridized carbons (Fsp3) is 0.364. The minimum absolute atomic E-state index is 0.179. The summed E-state index contributed by atoms with van der Waals surface area (Å²) in [6.45, 7) is 0. The average Bonchev–Trinajstić information content (AvgIpc) is 2.96. The highest BCUT2D eigenvalue weighted by Gasteiger charge is 2.40. The van der Waals surface area contributed by atoms with Gasteiger partial charge in [-0.05, 0) is 30.2 Å². The number of halogens is 1. The number of hydrogen-bond acceptors (Lipinski definition) is 2. The first kappa shape index (κ1) is 9.54. The largest absolute Gasteiger partial charge is 0.496 e. The summed E-state index contributed by atoms with van der Waals surface area (Å²) in [4.78, 5) is 0. The zero-order valence-electron chi connectivity index (χ0n) is 7.83. The minimum Gasteiger partial charge on any atom is -0.496 e. The monoisotopic (exact) mass is 251 g/mol. The van der Waals surface area contributed by atoms with Crippen LogP contribution >= 0.6 is 15.9 Å². The van der Waals surface area contributed by atoms with Crippen LogP contribution in [-0.2, 0) is 0 Å². The minimum atomic E-state index is 0.179. The molecule has 3 heteroatoms. The van der Waals surface area contributed by atoms with Gasteiger partial charge in [-0.1, -0.05) is 15.9 Å². The third-order valence-electron chi connectivity index (χ3n) is 2.55. The van der Waals surface area contributed by atoms with Crippen LogP contribution < -0.4 is 4.74 Å². The summed E-state index contributed by atoms with van der Waals surface area (Å²) in [7, 11) is 1.66. The summed E-state index contributed by atoms with van der Waals surface area (Å²) in [5.74, 6) is 1.43. The van der Waals surface area contributed by atoms with Gasteiger partial charge in [-0.15, -0.1) is 0 Å². The van der Waals surface area contributed by atoms with Gasteiger partial charge >= 0.3 is 0 Å². The van der Waals surface area contributed by atoms with E-state index in [0.29, 0.717) is 5.92 Å². The van der Waals surface area contributed by atoms with Gasteiger partial charge in [-0.25, -0.2) is 0 Å². The second-order valence-corrected chi connectivity index (χ2v) is 4.38. The Morgan fingerprint density at radius 2 is 2.36 bits per heavy atom. The summed E-state index contributed by atoms with van der Waals surface area (Å²) in [6, 6.07) is 8.22. The molecular formula is C11H10BrNO. The molecule has 1 aliphatic rings. The Balaban J connectivity index is 2.33. The van der Waals surface area contributed by atoms with E-state index in [-0.39, 0.29) is 5.92 Å². The molecule has 1 fully saturated rings. The molecule has 0 aromatic heterocycles. The number of methoxy groups -OCH3 is 1. The van der Waals surface area contributed by atoms with E-state index in [1.807, 2.05) is 18.2 Å². The Kier molecular flexibility index (Phi) is 2.47. The number of rotatable bonds is 2. The van der Waals surface area contributed by atoms with E-state index in [9.17, 15) is 0 Å². The molecule has 2 nitrogen and oxygen atoms in total. The lowest BCUT2D eigenvalue weighted by Gasteiger charge is -2.07. The molecule has 0 amide bonds. The first-order valence-corrected chi connectivity index (χ1v) is 5.28.